The first-order valence-corrected chi connectivity index (χ1v) is 4.39. The van der Waals surface area contributed by atoms with Gasteiger partial charge >= 0.3 is 5.97 Å². The van der Waals surface area contributed by atoms with Gasteiger partial charge in [-0.3, -0.25) is 4.79 Å². The van der Waals surface area contributed by atoms with Crippen LogP contribution in [0.15, 0.2) is 18.2 Å². The fourth-order valence-electron chi connectivity index (χ4n) is 0.874. The van der Waals surface area contributed by atoms with Crippen LogP contribution in [0, 0.1) is 0 Å². The van der Waals surface area contributed by atoms with Gasteiger partial charge in [-0.1, -0.05) is 23.2 Å². The molecule has 0 aliphatic rings. The third kappa shape index (κ3) is 2.25. The highest BCUT2D eigenvalue weighted by atomic mass is 35.5. The standard InChI is InChI=1S/C9H6Cl2O3/c1-14-9(13)8(12)6-4-5(10)2-3-7(6)11/h2-4H,1H3. The van der Waals surface area contributed by atoms with Crippen LogP contribution in [-0.4, -0.2) is 18.9 Å². The Bertz CT molecular complexity index is 388. The summed E-state index contributed by atoms with van der Waals surface area (Å²) in [4.78, 5) is 22.2. The molecule has 74 valence electrons. The Morgan fingerprint density at radius 2 is 1.93 bits per heavy atom. The summed E-state index contributed by atoms with van der Waals surface area (Å²) in [5, 5.41) is 0.506. The zero-order valence-corrected chi connectivity index (χ0v) is 8.72. The van der Waals surface area contributed by atoms with Gasteiger partial charge in [0, 0.05) is 10.6 Å². The topological polar surface area (TPSA) is 43.4 Å². The van der Waals surface area contributed by atoms with Crippen LogP contribution in [-0.2, 0) is 9.53 Å². The fourth-order valence-corrected chi connectivity index (χ4v) is 1.25. The van der Waals surface area contributed by atoms with Crippen molar-refractivity contribution >= 4 is 35.0 Å². The molecular weight excluding hydrogens is 227 g/mol. The average molecular weight is 233 g/mol. The maximum Gasteiger partial charge on any atom is 0.379 e. The maximum absolute atomic E-state index is 11.3. The quantitative estimate of drug-likeness (QED) is 0.447. The van der Waals surface area contributed by atoms with Gasteiger partial charge in [0.2, 0.25) is 0 Å². The summed E-state index contributed by atoms with van der Waals surface area (Å²) in [5.74, 6) is -1.77. The van der Waals surface area contributed by atoms with Gasteiger partial charge in [0.1, 0.15) is 0 Å². The normalized spacial score (nSPS) is 9.64. The second-order valence-electron chi connectivity index (χ2n) is 2.44. The zero-order valence-electron chi connectivity index (χ0n) is 7.21. The van der Waals surface area contributed by atoms with Crippen molar-refractivity contribution in [2.24, 2.45) is 0 Å². The van der Waals surface area contributed by atoms with Crippen molar-refractivity contribution < 1.29 is 14.3 Å². The van der Waals surface area contributed by atoms with Gasteiger partial charge in [-0.2, -0.15) is 0 Å². The van der Waals surface area contributed by atoms with E-state index in [4.69, 9.17) is 23.2 Å². The van der Waals surface area contributed by atoms with E-state index in [1.165, 1.54) is 18.2 Å². The molecule has 3 nitrogen and oxygen atoms in total. The molecule has 0 saturated heterocycles. The molecule has 0 fully saturated rings. The van der Waals surface area contributed by atoms with Crippen molar-refractivity contribution in [2.75, 3.05) is 7.11 Å². The Balaban J connectivity index is 3.12. The van der Waals surface area contributed by atoms with Gasteiger partial charge in [0.05, 0.1) is 12.1 Å². The summed E-state index contributed by atoms with van der Waals surface area (Å²) in [6, 6.07) is 4.29. The van der Waals surface area contributed by atoms with Crippen molar-refractivity contribution in [1.29, 1.82) is 0 Å². The van der Waals surface area contributed by atoms with Gasteiger partial charge in [0.25, 0.3) is 5.78 Å². The fraction of sp³-hybridized carbons (Fsp3) is 0.111. The van der Waals surface area contributed by atoms with E-state index >= 15 is 0 Å². The largest absolute Gasteiger partial charge is 0.463 e. The van der Waals surface area contributed by atoms with E-state index < -0.39 is 11.8 Å². The lowest BCUT2D eigenvalue weighted by Gasteiger charge is -2.01. The van der Waals surface area contributed by atoms with E-state index in [9.17, 15) is 9.59 Å². The molecule has 0 saturated carbocycles. The Hall–Kier alpha value is -1.06. The summed E-state index contributed by atoms with van der Waals surface area (Å²) in [5.41, 5.74) is 0.0472. The van der Waals surface area contributed by atoms with Gasteiger partial charge < -0.3 is 4.74 Å². The predicted octanol–water partition coefficient (Wildman–Crippen LogP) is 2.35. The van der Waals surface area contributed by atoms with Crippen molar-refractivity contribution in [3.63, 3.8) is 0 Å². The molecule has 0 N–H and O–H groups in total. The van der Waals surface area contributed by atoms with E-state index in [1.54, 1.807) is 0 Å². The zero-order chi connectivity index (χ0) is 10.7. The van der Waals surface area contributed by atoms with E-state index in [-0.39, 0.29) is 10.6 Å². The Morgan fingerprint density at radius 1 is 1.29 bits per heavy atom. The smallest absolute Gasteiger partial charge is 0.379 e. The third-order valence-electron chi connectivity index (χ3n) is 1.54. The van der Waals surface area contributed by atoms with Crippen LogP contribution >= 0.6 is 23.2 Å². The van der Waals surface area contributed by atoms with Gasteiger partial charge in [-0.05, 0) is 18.2 Å². The monoisotopic (exact) mass is 232 g/mol. The van der Waals surface area contributed by atoms with Crippen LogP contribution in [0.1, 0.15) is 10.4 Å². The minimum absolute atomic E-state index is 0.0472. The summed E-state index contributed by atoms with van der Waals surface area (Å²) in [6.45, 7) is 0. The van der Waals surface area contributed by atoms with Crippen molar-refractivity contribution in [3.8, 4) is 0 Å². The first-order chi connectivity index (χ1) is 6.56. The number of benzene rings is 1. The molecule has 1 aromatic rings. The number of rotatable bonds is 2. The summed E-state index contributed by atoms with van der Waals surface area (Å²) in [6.07, 6.45) is 0. The van der Waals surface area contributed by atoms with Crippen LogP contribution < -0.4 is 0 Å². The third-order valence-corrected chi connectivity index (χ3v) is 2.11. The van der Waals surface area contributed by atoms with Crippen LogP contribution in [0.25, 0.3) is 0 Å². The van der Waals surface area contributed by atoms with Crippen molar-refractivity contribution in [3.05, 3.63) is 33.8 Å². The summed E-state index contributed by atoms with van der Waals surface area (Å²) >= 11 is 11.4. The number of esters is 1. The minimum Gasteiger partial charge on any atom is -0.463 e. The molecule has 1 rings (SSSR count). The molecule has 0 aliphatic carbocycles. The number of carbonyl (C=O) groups excluding carboxylic acids is 2. The molecule has 5 heteroatoms. The van der Waals surface area contributed by atoms with Crippen molar-refractivity contribution in [1.82, 2.24) is 0 Å². The van der Waals surface area contributed by atoms with E-state index in [0.29, 0.717) is 5.02 Å². The van der Waals surface area contributed by atoms with Gasteiger partial charge in [0.15, 0.2) is 0 Å². The Labute approximate surface area is 90.6 Å². The second kappa shape index (κ2) is 4.44. The van der Waals surface area contributed by atoms with Crippen LogP contribution in [0.5, 0.6) is 0 Å². The lowest BCUT2D eigenvalue weighted by molar-refractivity contribution is -0.135. The Morgan fingerprint density at radius 3 is 2.50 bits per heavy atom. The summed E-state index contributed by atoms with van der Waals surface area (Å²) in [7, 11) is 1.12. The van der Waals surface area contributed by atoms with E-state index in [1.807, 2.05) is 0 Å². The number of hydrogen-bond acceptors (Lipinski definition) is 3. The molecule has 0 amide bonds. The van der Waals surface area contributed by atoms with Gasteiger partial charge in [-0.15, -0.1) is 0 Å². The van der Waals surface area contributed by atoms with Crippen LogP contribution in [0.3, 0.4) is 0 Å². The molecule has 0 spiro atoms. The number of carbonyl (C=O) groups is 2. The van der Waals surface area contributed by atoms with E-state index in [0.717, 1.165) is 7.11 Å². The molecule has 0 heterocycles. The molecule has 0 aromatic heterocycles. The second-order valence-corrected chi connectivity index (χ2v) is 3.29. The first kappa shape index (κ1) is 11.0. The molecular formula is C9H6Cl2O3. The molecule has 1 aromatic carbocycles. The number of ether oxygens (including phenoxy) is 1. The highest BCUT2D eigenvalue weighted by molar-refractivity contribution is 6.46. The highest BCUT2D eigenvalue weighted by Crippen LogP contribution is 2.21. The first-order valence-electron chi connectivity index (χ1n) is 3.64. The number of Topliss-reactive ketones (excluding diaryl/α,β-unsaturated/α-hetero) is 1. The molecule has 0 aliphatic heterocycles. The highest BCUT2D eigenvalue weighted by Gasteiger charge is 2.19. The predicted molar refractivity (Wildman–Crippen MR) is 52.8 cm³/mol. The van der Waals surface area contributed by atoms with Gasteiger partial charge in [-0.25, -0.2) is 4.79 Å². The van der Waals surface area contributed by atoms with Crippen molar-refractivity contribution in [2.45, 2.75) is 0 Å². The lowest BCUT2D eigenvalue weighted by atomic mass is 10.1. The number of hydrogen-bond donors (Lipinski definition) is 0. The molecule has 0 radical (unpaired) electrons. The Kier molecular flexibility index (Phi) is 3.49. The maximum atomic E-state index is 11.3. The van der Waals surface area contributed by atoms with E-state index in [2.05, 4.69) is 4.74 Å². The van der Waals surface area contributed by atoms with Crippen LogP contribution in [0.4, 0.5) is 0 Å². The number of methoxy groups -OCH3 is 1. The summed E-state index contributed by atoms with van der Waals surface area (Å²) < 4.78 is 4.27. The molecule has 14 heavy (non-hydrogen) atoms. The van der Waals surface area contributed by atoms with Crippen LogP contribution in [0.2, 0.25) is 10.0 Å². The average Bonchev–Trinajstić information content (AvgIpc) is 2.19. The number of halogens is 2. The minimum atomic E-state index is -0.964. The lowest BCUT2D eigenvalue weighted by Crippen LogP contribution is -2.16. The molecule has 0 bridgehead atoms. The number of ketones is 1. The molecule has 0 atom stereocenters. The molecule has 0 unspecified atom stereocenters. The SMILES string of the molecule is COC(=O)C(=O)c1cc(Cl)ccc1Cl.